The first-order valence-electron chi connectivity index (χ1n) is 5.93. The number of aliphatic hydroxyl groups excluding tert-OH is 1. The largest absolute Gasteiger partial charge is 0.396 e. The van der Waals surface area contributed by atoms with Gasteiger partial charge in [-0.1, -0.05) is 13.8 Å². The summed E-state index contributed by atoms with van der Waals surface area (Å²) in [4.78, 5) is 0. The molecule has 0 heterocycles. The van der Waals surface area contributed by atoms with Gasteiger partial charge in [0.05, 0.1) is 6.07 Å². The van der Waals surface area contributed by atoms with Gasteiger partial charge in [0.15, 0.2) is 0 Å². The zero-order chi connectivity index (χ0) is 12.4. The molecule has 0 aromatic carbocycles. The fraction of sp³-hybridized carbons (Fsp3) is 0.917. The molecule has 0 aromatic rings. The maximum absolute atomic E-state index is 9.05. The molecule has 2 N–H and O–H groups in total. The predicted octanol–water partition coefficient (Wildman–Crippen LogP) is 2.02. The predicted molar refractivity (Wildman–Crippen MR) is 70.5 cm³/mol. The van der Waals surface area contributed by atoms with Gasteiger partial charge in [0.25, 0.3) is 0 Å². The highest BCUT2D eigenvalue weighted by Crippen LogP contribution is 2.15. The molecule has 0 saturated heterocycles. The first kappa shape index (κ1) is 15.8. The van der Waals surface area contributed by atoms with E-state index >= 15 is 0 Å². The molecular weight excluding hydrogens is 220 g/mol. The standard InChI is InChI=1S/C12H24N2OS/c1-4-14-12(3,10-13)6-5-7-16-9-11(2)8-15/h11,14-15H,4-9H2,1-3H3. The van der Waals surface area contributed by atoms with Crippen molar-refractivity contribution in [3.8, 4) is 6.07 Å². The summed E-state index contributed by atoms with van der Waals surface area (Å²) >= 11 is 1.86. The van der Waals surface area contributed by atoms with Gasteiger partial charge < -0.3 is 5.11 Å². The molecule has 94 valence electrons. The van der Waals surface area contributed by atoms with Crippen LogP contribution in [0.3, 0.4) is 0 Å². The van der Waals surface area contributed by atoms with Crippen molar-refractivity contribution in [3.05, 3.63) is 0 Å². The van der Waals surface area contributed by atoms with E-state index < -0.39 is 0 Å². The number of rotatable bonds is 9. The lowest BCUT2D eigenvalue weighted by atomic mass is 9.98. The van der Waals surface area contributed by atoms with E-state index in [0.717, 1.165) is 30.9 Å². The molecule has 3 nitrogen and oxygen atoms in total. The van der Waals surface area contributed by atoms with E-state index in [-0.39, 0.29) is 12.1 Å². The molecule has 0 radical (unpaired) electrons. The van der Waals surface area contributed by atoms with Crippen LogP contribution in [0.15, 0.2) is 0 Å². The van der Waals surface area contributed by atoms with Crippen LogP contribution >= 0.6 is 11.8 Å². The van der Waals surface area contributed by atoms with E-state index in [9.17, 15) is 0 Å². The van der Waals surface area contributed by atoms with Crippen LogP contribution in [0.1, 0.15) is 33.6 Å². The Morgan fingerprint density at radius 1 is 1.56 bits per heavy atom. The van der Waals surface area contributed by atoms with Crippen molar-refractivity contribution in [3.63, 3.8) is 0 Å². The third-order valence-corrected chi connectivity index (χ3v) is 3.88. The normalized spacial score (nSPS) is 16.4. The van der Waals surface area contributed by atoms with E-state index in [4.69, 9.17) is 10.4 Å². The molecule has 0 saturated carbocycles. The number of nitriles is 1. The Morgan fingerprint density at radius 2 is 2.25 bits per heavy atom. The summed E-state index contributed by atoms with van der Waals surface area (Å²) in [6.07, 6.45) is 1.93. The van der Waals surface area contributed by atoms with Crippen molar-refractivity contribution in [1.82, 2.24) is 5.32 Å². The highest BCUT2D eigenvalue weighted by Gasteiger charge is 2.21. The minimum absolute atomic E-state index is 0.264. The molecule has 0 amide bonds. The monoisotopic (exact) mass is 244 g/mol. The van der Waals surface area contributed by atoms with E-state index in [0.29, 0.717) is 5.92 Å². The summed E-state index contributed by atoms with van der Waals surface area (Å²) in [5.74, 6) is 2.44. The van der Waals surface area contributed by atoms with Crippen molar-refractivity contribution in [1.29, 1.82) is 5.26 Å². The molecule has 0 rings (SSSR count). The second-order valence-electron chi connectivity index (χ2n) is 4.44. The summed E-state index contributed by atoms with van der Waals surface area (Å²) in [5, 5.41) is 21.1. The average molecular weight is 244 g/mol. The third-order valence-electron chi connectivity index (χ3n) is 2.49. The minimum atomic E-state index is -0.377. The molecule has 4 heteroatoms. The van der Waals surface area contributed by atoms with Crippen molar-refractivity contribution >= 4 is 11.8 Å². The van der Waals surface area contributed by atoms with Crippen LogP contribution in [0.5, 0.6) is 0 Å². The molecule has 0 aromatic heterocycles. The van der Waals surface area contributed by atoms with Crippen LogP contribution in [0, 0.1) is 17.2 Å². The van der Waals surface area contributed by atoms with Gasteiger partial charge in [-0.05, 0) is 43.7 Å². The van der Waals surface area contributed by atoms with Gasteiger partial charge in [-0.2, -0.15) is 17.0 Å². The molecule has 0 aliphatic rings. The summed E-state index contributed by atoms with van der Waals surface area (Å²) < 4.78 is 0. The summed E-state index contributed by atoms with van der Waals surface area (Å²) in [6.45, 7) is 7.12. The van der Waals surface area contributed by atoms with Gasteiger partial charge in [-0.15, -0.1) is 0 Å². The van der Waals surface area contributed by atoms with Crippen molar-refractivity contribution in [2.24, 2.45) is 5.92 Å². The Hall–Kier alpha value is -0.240. The van der Waals surface area contributed by atoms with Crippen LogP contribution in [0.2, 0.25) is 0 Å². The van der Waals surface area contributed by atoms with E-state index in [1.807, 2.05) is 32.5 Å². The summed E-state index contributed by atoms with van der Waals surface area (Å²) in [5.41, 5.74) is -0.377. The maximum atomic E-state index is 9.05. The van der Waals surface area contributed by atoms with Gasteiger partial charge in [0.2, 0.25) is 0 Å². The van der Waals surface area contributed by atoms with Crippen LogP contribution in [-0.2, 0) is 0 Å². The zero-order valence-corrected chi connectivity index (χ0v) is 11.4. The number of hydrogen-bond acceptors (Lipinski definition) is 4. The molecular formula is C12H24N2OS. The van der Waals surface area contributed by atoms with Gasteiger partial charge in [0, 0.05) is 6.61 Å². The fourth-order valence-corrected chi connectivity index (χ4v) is 2.46. The van der Waals surface area contributed by atoms with Crippen LogP contribution in [-0.4, -0.2) is 35.3 Å². The first-order chi connectivity index (χ1) is 7.58. The van der Waals surface area contributed by atoms with Gasteiger partial charge in [-0.3, -0.25) is 5.32 Å². The first-order valence-corrected chi connectivity index (χ1v) is 7.08. The Balaban J connectivity index is 3.61. The van der Waals surface area contributed by atoms with Gasteiger partial charge >= 0.3 is 0 Å². The topological polar surface area (TPSA) is 56.0 Å². The molecule has 0 fully saturated rings. The Bertz CT molecular complexity index is 218. The molecule has 0 aliphatic carbocycles. The van der Waals surface area contributed by atoms with Crippen molar-refractivity contribution in [2.75, 3.05) is 24.7 Å². The van der Waals surface area contributed by atoms with Crippen molar-refractivity contribution in [2.45, 2.75) is 39.2 Å². The molecule has 0 spiro atoms. The van der Waals surface area contributed by atoms with Crippen LogP contribution < -0.4 is 5.32 Å². The lowest BCUT2D eigenvalue weighted by Gasteiger charge is -2.22. The van der Waals surface area contributed by atoms with E-state index in [1.54, 1.807) is 0 Å². The molecule has 0 aliphatic heterocycles. The molecule has 0 bridgehead atoms. The molecule has 2 atom stereocenters. The second kappa shape index (κ2) is 8.86. The van der Waals surface area contributed by atoms with Gasteiger partial charge in [0.1, 0.15) is 5.54 Å². The number of hydrogen-bond donors (Lipinski definition) is 2. The van der Waals surface area contributed by atoms with E-state index in [2.05, 4.69) is 11.4 Å². The van der Waals surface area contributed by atoms with Gasteiger partial charge in [-0.25, -0.2) is 0 Å². The Morgan fingerprint density at radius 3 is 2.75 bits per heavy atom. The highest BCUT2D eigenvalue weighted by atomic mass is 32.2. The number of aliphatic hydroxyl groups is 1. The van der Waals surface area contributed by atoms with Crippen LogP contribution in [0.25, 0.3) is 0 Å². The van der Waals surface area contributed by atoms with E-state index in [1.165, 1.54) is 0 Å². The number of nitrogens with zero attached hydrogens (tertiary/aromatic N) is 1. The number of nitrogens with one attached hydrogen (secondary N) is 1. The average Bonchev–Trinajstić information content (AvgIpc) is 2.28. The quantitative estimate of drug-likeness (QED) is 0.609. The Kier molecular flexibility index (Phi) is 8.73. The lowest BCUT2D eigenvalue weighted by molar-refractivity contribution is 0.250. The number of thioether (sulfide) groups is 1. The smallest absolute Gasteiger partial charge is 0.103 e. The lowest BCUT2D eigenvalue weighted by Crippen LogP contribution is -2.40. The summed E-state index contributed by atoms with van der Waals surface area (Å²) in [6, 6.07) is 2.33. The molecule has 2 unspecified atom stereocenters. The zero-order valence-electron chi connectivity index (χ0n) is 10.6. The van der Waals surface area contributed by atoms with Crippen molar-refractivity contribution < 1.29 is 5.11 Å². The molecule has 16 heavy (non-hydrogen) atoms. The second-order valence-corrected chi connectivity index (χ2v) is 5.59. The highest BCUT2D eigenvalue weighted by molar-refractivity contribution is 7.99. The maximum Gasteiger partial charge on any atom is 0.103 e. The minimum Gasteiger partial charge on any atom is -0.396 e. The SMILES string of the molecule is CCNC(C)(C#N)CCCSCC(C)CO. The third kappa shape index (κ3) is 7.10. The Labute approximate surface area is 104 Å². The van der Waals surface area contributed by atoms with Crippen LogP contribution in [0.4, 0.5) is 0 Å². The fourth-order valence-electron chi connectivity index (χ4n) is 1.44. The summed E-state index contributed by atoms with van der Waals surface area (Å²) in [7, 11) is 0.